The maximum Gasteiger partial charge on any atom is 0.220 e. The molecule has 0 radical (unpaired) electrons. The monoisotopic (exact) mass is 134 g/mol. The third kappa shape index (κ3) is 0.732. The average molecular weight is 134 g/mol. The maximum atomic E-state index is 8.65. The molecule has 0 amide bonds. The number of rotatable bonds is 1. The summed E-state index contributed by atoms with van der Waals surface area (Å²) in [4.78, 5) is 0. The van der Waals surface area contributed by atoms with Crippen LogP contribution in [-0.4, -0.2) is 22.9 Å². The minimum atomic E-state index is -1.47. The van der Waals surface area contributed by atoms with Crippen LogP contribution in [0, 0.1) is 0 Å². The number of aliphatic hydroxyl groups is 1. The summed E-state index contributed by atoms with van der Waals surface area (Å²) >= 11 is 0. The van der Waals surface area contributed by atoms with Gasteiger partial charge < -0.3 is 15.6 Å². The number of hydrogen-bond donors (Lipinski definition) is 5. The molecular formula is C3H10N4O2. The molecule has 0 aromatic heterocycles. The van der Waals surface area contributed by atoms with Gasteiger partial charge in [-0.3, -0.25) is 17.2 Å². The van der Waals surface area contributed by atoms with E-state index in [1.54, 1.807) is 0 Å². The molecule has 1 aliphatic heterocycles. The van der Waals surface area contributed by atoms with E-state index in [2.05, 4.69) is 4.74 Å². The van der Waals surface area contributed by atoms with Crippen molar-refractivity contribution in [3.63, 3.8) is 0 Å². The average Bonchev–Trinajstić information content (AvgIpc) is 2.08. The van der Waals surface area contributed by atoms with Crippen LogP contribution in [0.15, 0.2) is 0 Å². The second-order valence-corrected chi connectivity index (χ2v) is 2.13. The predicted molar refractivity (Wildman–Crippen MR) is 29.3 cm³/mol. The van der Waals surface area contributed by atoms with Crippen LogP contribution in [0.1, 0.15) is 0 Å². The van der Waals surface area contributed by atoms with E-state index in [1.807, 2.05) is 0 Å². The minimum absolute atomic E-state index is 1.34. The molecule has 1 rings (SSSR count). The molecule has 1 aliphatic rings. The van der Waals surface area contributed by atoms with E-state index in [1.165, 1.54) is 0 Å². The lowest BCUT2D eigenvalue weighted by Gasteiger charge is -2.10. The van der Waals surface area contributed by atoms with Crippen LogP contribution in [0.25, 0.3) is 0 Å². The fraction of sp³-hybridized carbons (Fsp3) is 1.00. The third-order valence-corrected chi connectivity index (χ3v) is 1.35. The molecule has 6 heteroatoms. The van der Waals surface area contributed by atoms with Crippen LogP contribution in [-0.2, 0) is 4.74 Å². The highest BCUT2D eigenvalue weighted by Crippen LogP contribution is 2.35. The van der Waals surface area contributed by atoms with E-state index in [0.29, 0.717) is 0 Å². The van der Waals surface area contributed by atoms with Crippen molar-refractivity contribution in [3.8, 4) is 0 Å². The largest absolute Gasteiger partial charge is 0.374 e. The predicted octanol–water partition coefficient (Wildman–Crippen LogP) is -3.48. The van der Waals surface area contributed by atoms with Crippen molar-refractivity contribution in [2.24, 2.45) is 22.9 Å². The van der Waals surface area contributed by atoms with Crippen molar-refractivity contribution in [2.75, 3.05) is 0 Å². The van der Waals surface area contributed by atoms with E-state index >= 15 is 0 Å². The van der Waals surface area contributed by atoms with Gasteiger partial charge in [0.05, 0.1) is 0 Å². The third-order valence-electron chi connectivity index (χ3n) is 1.35. The molecule has 0 saturated carbocycles. The molecule has 2 atom stereocenters. The zero-order chi connectivity index (χ0) is 7.28. The van der Waals surface area contributed by atoms with E-state index in [4.69, 9.17) is 28.0 Å². The first-order valence-corrected chi connectivity index (χ1v) is 2.40. The Balaban J connectivity index is 2.63. The van der Waals surface area contributed by atoms with Crippen molar-refractivity contribution in [2.45, 2.75) is 17.8 Å². The topological polar surface area (TPSA) is 137 Å². The number of aliphatic hydroxyl groups excluding tert-OH is 1. The SMILES string of the molecule is NC(O)[C@@]1(N)OC1(N)N. The normalized spacial score (nSPS) is 42.3. The molecule has 1 fully saturated rings. The van der Waals surface area contributed by atoms with Crippen molar-refractivity contribution in [3.05, 3.63) is 0 Å². The molecule has 6 nitrogen and oxygen atoms in total. The van der Waals surface area contributed by atoms with Crippen molar-refractivity contribution >= 4 is 0 Å². The molecule has 9 heavy (non-hydrogen) atoms. The molecule has 9 N–H and O–H groups in total. The van der Waals surface area contributed by atoms with Crippen molar-refractivity contribution < 1.29 is 9.84 Å². The Morgan fingerprint density at radius 2 is 1.67 bits per heavy atom. The molecule has 54 valence electrons. The Bertz CT molecular complexity index is 136. The van der Waals surface area contributed by atoms with Crippen LogP contribution in [0.2, 0.25) is 0 Å². The number of ether oxygens (including phenoxy) is 1. The first-order chi connectivity index (χ1) is 3.90. The summed E-state index contributed by atoms with van der Waals surface area (Å²) in [5.41, 5.74) is 19.0. The maximum absolute atomic E-state index is 8.65. The van der Waals surface area contributed by atoms with Gasteiger partial charge in [-0.1, -0.05) is 0 Å². The summed E-state index contributed by atoms with van der Waals surface area (Å²) in [5, 5.41) is 8.65. The van der Waals surface area contributed by atoms with Gasteiger partial charge in [-0.25, -0.2) is 0 Å². The number of epoxide rings is 1. The summed E-state index contributed by atoms with van der Waals surface area (Å²) in [5.74, 6) is -1.47. The standard InChI is InChI=1S/C3H10N4O2/c4-1(8)2(5)3(6,7)9-2/h1,8H,4-7H2/t1?,2-/m1/s1. The lowest BCUT2D eigenvalue weighted by Crippen LogP contribution is -2.57. The first-order valence-electron chi connectivity index (χ1n) is 2.40. The Morgan fingerprint density at radius 1 is 1.33 bits per heavy atom. The second kappa shape index (κ2) is 1.43. The molecule has 0 aliphatic carbocycles. The fourth-order valence-corrected chi connectivity index (χ4v) is 0.545. The quantitative estimate of drug-likeness (QED) is 0.186. The molecule has 0 spiro atoms. The smallest absolute Gasteiger partial charge is 0.220 e. The molecular weight excluding hydrogens is 124 g/mol. The lowest BCUT2D eigenvalue weighted by atomic mass is 10.2. The molecule has 0 aromatic rings. The summed E-state index contributed by atoms with van der Waals surface area (Å²) in [6.45, 7) is 0. The Kier molecular flexibility index (Phi) is 1.09. The van der Waals surface area contributed by atoms with Crippen LogP contribution in [0.3, 0.4) is 0 Å². The zero-order valence-electron chi connectivity index (χ0n) is 4.74. The lowest BCUT2D eigenvalue weighted by molar-refractivity contribution is 0.0836. The molecule has 1 saturated heterocycles. The van der Waals surface area contributed by atoms with Gasteiger partial charge >= 0.3 is 0 Å². The van der Waals surface area contributed by atoms with Crippen LogP contribution < -0.4 is 22.9 Å². The van der Waals surface area contributed by atoms with Gasteiger partial charge in [0.1, 0.15) is 0 Å². The highest BCUT2D eigenvalue weighted by Gasteiger charge is 2.67. The van der Waals surface area contributed by atoms with Gasteiger partial charge in [0.2, 0.25) is 11.6 Å². The summed E-state index contributed by atoms with van der Waals surface area (Å²) < 4.78 is 4.51. The van der Waals surface area contributed by atoms with Gasteiger partial charge in [-0.05, 0) is 0 Å². The Hall–Kier alpha value is -0.240. The highest BCUT2D eigenvalue weighted by atomic mass is 16.7. The van der Waals surface area contributed by atoms with Gasteiger partial charge in [0.15, 0.2) is 6.23 Å². The van der Waals surface area contributed by atoms with E-state index in [-0.39, 0.29) is 0 Å². The molecule has 1 unspecified atom stereocenters. The van der Waals surface area contributed by atoms with Crippen LogP contribution in [0.5, 0.6) is 0 Å². The van der Waals surface area contributed by atoms with E-state index < -0.39 is 17.8 Å². The minimum Gasteiger partial charge on any atom is -0.374 e. The molecule has 0 aromatic carbocycles. The fourth-order valence-electron chi connectivity index (χ4n) is 0.545. The van der Waals surface area contributed by atoms with Gasteiger partial charge in [0.25, 0.3) is 0 Å². The van der Waals surface area contributed by atoms with Crippen molar-refractivity contribution in [1.29, 1.82) is 0 Å². The Morgan fingerprint density at radius 3 is 1.67 bits per heavy atom. The highest BCUT2D eigenvalue weighted by molar-refractivity contribution is 5.07. The zero-order valence-corrected chi connectivity index (χ0v) is 4.74. The van der Waals surface area contributed by atoms with Crippen LogP contribution in [0.4, 0.5) is 0 Å². The van der Waals surface area contributed by atoms with Gasteiger partial charge in [0, 0.05) is 0 Å². The van der Waals surface area contributed by atoms with E-state index in [9.17, 15) is 0 Å². The molecule has 1 heterocycles. The number of nitrogens with two attached hydrogens (primary N) is 4. The second-order valence-electron chi connectivity index (χ2n) is 2.13. The summed E-state index contributed by atoms with van der Waals surface area (Å²) in [7, 11) is 0. The first kappa shape index (κ1) is 6.87. The molecule has 0 bridgehead atoms. The summed E-state index contributed by atoms with van der Waals surface area (Å²) in [6, 6.07) is 0. The van der Waals surface area contributed by atoms with Gasteiger partial charge in [-0.2, -0.15) is 0 Å². The van der Waals surface area contributed by atoms with Crippen LogP contribution >= 0.6 is 0 Å². The van der Waals surface area contributed by atoms with Gasteiger partial charge in [-0.15, -0.1) is 0 Å². The van der Waals surface area contributed by atoms with E-state index in [0.717, 1.165) is 0 Å². The number of hydrogen-bond acceptors (Lipinski definition) is 6. The summed E-state index contributed by atoms with van der Waals surface area (Å²) in [6.07, 6.45) is -1.34. The Labute approximate surface area is 51.7 Å². The van der Waals surface area contributed by atoms with Crippen molar-refractivity contribution in [1.82, 2.24) is 0 Å².